The molecule has 0 aliphatic heterocycles. The first kappa shape index (κ1) is 29.7. The molecule has 0 bridgehead atoms. The summed E-state index contributed by atoms with van der Waals surface area (Å²) in [5, 5.41) is 14.1. The lowest BCUT2D eigenvalue weighted by Gasteiger charge is -2.16. The second-order valence-corrected chi connectivity index (χ2v) is 15.3. The third-order valence-corrected chi connectivity index (χ3v) is 12.5. The molecule has 0 atom stereocenters. The molecule has 12 aromatic rings. The predicted octanol–water partition coefficient (Wildman–Crippen LogP) is 14.5. The first-order chi connectivity index (χ1) is 26.8. The molecule has 0 aliphatic rings. The Morgan fingerprint density at radius 3 is 1.74 bits per heavy atom. The van der Waals surface area contributed by atoms with Crippen LogP contribution in [0.25, 0.3) is 113 Å². The van der Waals surface area contributed by atoms with Crippen molar-refractivity contribution in [2.24, 2.45) is 0 Å². The van der Waals surface area contributed by atoms with Gasteiger partial charge in [0.2, 0.25) is 0 Å². The zero-order valence-electron chi connectivity index (χ0n) is 29.1. The van der Waals surface area contributed by atoms with E-state index in [1.54, 1.807) is 0 Å². The first-order valence-corrected chi connectivity index (χ1v) is 19.3. The van der Waals surface area contributed by atoms with Gasteiger partial charge in [-0.25, -0.2) is 4.98 Å². The van der Waals surface area contributed by atoms with Crippen LogP contribution in [0.5, 0.6) is 0 Å². The van der Waals surface area contributed by atoms with Crippen LogP contribution in [0, 0.1) is 0 Å². The predicted molar refractivity (Wildman–Crippen MR) is 232 cm³/mol. The number of benzene rings is 9. The highest BCUT2D eigenvalue weighted by Gasteiger charge is 2.25. The summed E-state index contributed by atoms with van der Waals surface area (Å²) >= 11 is 1.90. The lowest BCUT2D eigenvalue weighted by molar-refractivity contribution is 1.11. The normalized spacial score (nSPS) is 12.1. The van der Waals surface area contributed by atoms with E-state index >= 15 is 0 Å². The van der Waals surface area contributed by atoms with Gasteiger partial charge in [0.1, 0.15) is 5.82 Å². The monoisotopic (exact) mass is 702 g/mol. The fourth-order valence-corrected chi connectivity index (χ4v) is 10.3. The Labute approximate surface area is 314 Å². The van der Waals surface area contributed by atoms with Gasteiger partial charge < -0.3 is 0 Å². The van der Waals surface area contributed by atoms with Crippen LogP contribution in [0.15, 0.2) is 182 Å². The minimum Gasteiger partial charge on any atom is -0.292 e. The molecule has 12 rings (SSSR count). The van der Waals surface area contributed by atoms with Crippen LogP contribution in [-0.4, -0.2) is 9.55 Å². The SMILES string of the molecule is c1ccc(-c2cccc(-c3cc(-n4c5ccccc5c5c6c7ccccc7c7ccccc7c6c6c7ccccc7sc6c54)nc4ccccc34)c2)cc1. The van der Waals surface area contributed by atoms with Gasteiger partial charge in [-0.1, -0.05) is 152 Å². The summed E-state index contributed by atoms with van der Waals surface area (Å²) in [7, 11) is 0. The van der Waals surface area contributed by atoms with Crippen molar-refractivity contribution in [3.8, 4) is 28.1 Å². The molecule has 0 amide bonds. The van der Waals surface area contributed by atoms with Gasteiger partial charge in [0.15, 0.2) is 0 Å². The molecular weight excluding hydrogens is 673 g/mol. The fraction of sp³-hybridized carbons (Fsp3) is 0. The molecule has 0 unspecified atom stereocenters. The molecule has 54 heavy (non-hydrogen) atoms. The van der Waals surface area contributed by atoms with Gasteiger partial charge in [0.25, 0.3) is 0 Å². The Bertz CT molecular complexity index is 3500. The summed E-state index contributed by atoms with van der Waals surface area (Å²) < 4.78 is 5.04. The number of hydrogen-bond acceptors (Lipinski definition) is 2. The number of pyridine rings is 1. The molecule has 3 heterocycles. The van der Waals surface area contributed by atoms with Crippen LogP contribution < -0.4 is 0 Å². The van der Waals surface area contributed by atoms with E-state index in [1.165, 1.54) is 91.0 Å². The van der Waals surface area contributed by atoms with Gasteiger partial charge in [-0.15, -0.1) is 11.3 Å². The zero-order valence-corrected chi connectivity index (χ0v) is 29.9. The Morgan fingerprint density at radius 1 is 0.389 bits per heavy atom. The molecule has 0 spiro atoms. The first-order valence-electron chi connectivity index (χ1n) is 18.5. The summed E-state index contributed by atoms with van der Waals surface area (Å²) in [5.74, 6) is 0.920. The fourth-order valence-electron chi connectivity index (χ4n) is 9.08. The van der Waals surface area contributed by atoms with Crippen molar-refractivity contribution in [1.82, 2.24) is 9.55 Å². The highest BCUT2D eigenvalue weighted by atomic mass is 32.1. The quantitative estimate of drug-likeness (QED) is 0.168. The lowest BCUT2D eigenvalue weighted by atomic mass is 9.89. The second kappa shape index (κ2) is 11.3. The van der Waals surface area contributed by atoms with Crippen molar-refractivity contribution in [3.05, 3.63) is 182 Å². The smallest absolute Gasteiger partial charge is 0.138 e. The Balaban J connectivity index is 1.30. The van der Waals surface area contributed by atoms with E-state index in [4.69, 9.17) is 4.98 Å². The number of thiophene rings is 1. The molecule has 0 radical (unpaired) electrons. The average Bonchev–Trinajstić information content (AvgIpc) is 3.80. The molecule has 0 fully saturated rings. The van der Waals surface area contributed by atoms with E-state index in [0.717, 1.165) is 22.2 Å². The molecule has 3 aromatic heterocycles. The maximum atomic E-state index is 5.51. The van der Waals surface area contributed by atoms with Gasteiger partial charge in [0.05, 0.1) is 21.3 Å². The number of aromatic nitrogens is 2. The summed E-state index contributed by atoms with van der Waals surface area (Å²) in [4.78, 5) is 5.51. The van der Waals surface area contributed by atoms with Crippen molar-refractivity contribution in [2.45, 2.75) is 0 Å². The molecule has 0 saturated carbocycles. The Hall–Kier alpha value is -6.81. The molecule has 3 heteroatoms. The van der Waals surface area contributed by atoms with E-state index < -0.39 is 0 Å². The number of rotatable bonds is 3. The summed E-state index contributed by atoms with van der Waals surface area (Å²) in [6.45, 7) is 0. The Kier molecular flexibility index (Phi) is 6.25. The van der Waals surface area contributed by atoms with Gasteiger partial charge >= 0.3 is 0 Å². The van der Waals surface area contributed by atoms with Gasteiger partial charge in [-0.2, -0.15) is 0 Å². The largest absolute Gasteiger partial charge is 0.292 e. The Morgan fingerprint density at radius 2 is 0.963 bits per heavy atom. The van der Waals surface area contributed by atoms with Gasteiger partial charge in [0, 0.05) is 42.4 Å². The standard InChI is InChI=1S/C51H30N2S/c1-2-15-31(16-3-1)32-17-14-18-33(29-32)41-30-45(52-42-26-11-8-21-36(41)42)53-43-27-12-9-24-39(43)48-46-37-22-6-4-19-34(37)35-20-5-7-23-38(35)47(46)49-40-25-10-13-28-44(40)54-51(49)50(48)53/h1-30H. The van der Waals surface area contributed by atoms with E-state index in [1.807, 2.05) is 11.3 Å². The number of para-hydroxylation sites is 2. The van der Waals surface area contributed by atoms with Crippen molar-refractivity contribution in [3.63, 3.8) is 0 Å². The van der Waals surface area contributed by atoms with Crippen LogP contribution in [-0.2, 0) is 0 Å². The van der Waals surface area contributed by atoms with E-state index in [-0.39, 0.29) is 0 Å². The van der Waals surface area contributed by atoms with Crippen LogP contribution in [0.2, 0.25) is 0 Å². The molecule has 0 aliphatic carbocycles. The molecule has 2 nitrogen and oxygen atoms in total. The summed E-state index contributed by atoms with van der Waals surface area (Å²) in [6, 6.07) is 66.3. The van der Waals surface area contributed by atoms with Crippen molar-refractivity contribution >= 4 is 96.5 Å². The van der Waals surface area contributed by atoms with Crippen LogP contribution in [0.1, 0.15) is 0 Å². The van der Waals surface area contributed by atoms with E-state index in [2.05, 4.69) is 187 Å². The minimum atomic E-state index is 0.920. The van der Waals surface area contributed by atoms with E-state index in [9.17, 15) is 0 Å². The third kappa shape index (κ3) is 4.13. The topological polar surface area (TPSA) is 17.8 Å². The molecule has 9 aromatic carbocycles. The van der Waals surface area contributed by atoms with Gasteiger partial charge in [-0.05, 0) is 74.1 Å². The lowest BCUT2D eigenvalue weighted by Crippen LogP contribution is -1.99. The number of fused-ring (bicyclic) bond motifs is 16. The number of hydrogen-bond donors (Lipinski definition) is 0. The average molecular weight is 703 g/mol. The van der Waals surface area contributed by atoms with Crippen LogP contribution >= 0.6 is 11.3 Å². The van der Waals surface area contributed by atoms with Crippen molar-refractivity contribution in [2.75, 3.05) is 0 Å². The van der Waals surface area contributed by atoms with Crippen LogP contribution in [0.3, 0.4) is 0 Å². The highest BCUT2D eigenvalue weighted by molar-refractivity contribution is 7.27. The summed E-state index contributed by atoms with van der Waals surface area (Å²) in [6.07, 6.45) is 0. The molecular formula is C51H30N2S. The van der Waals surface area contributed by atoms with Crippen molar-refractivity contribution in [1.29, 1.82) is 0 Å². The third-order valence-electron chi connectivity index (χ3n) is 11.3. The van der Waals surface area contributed by atoms with Crippen LogP contribution in [0.4, 0.5) is 0 Å². The molecule has 0 N–H and O–H groups in total. The number of nitrogens with zero attached hydrogens (tertiary/aromatic N) is 2. The molecule has 0 saturated heterocycles. The minimum absolute atomic E-state index is 0.920. The maximum absolute atomic E-state index is 5.51. The van der Waals surface area contributed by atoms with E-state index in [0.29, 0.717) is 0 Å². The van der Waals surface area contributed by atoms with Crippen molar-refractivity contribution < 1.29 is 0 Å². The zero-order chi connectivity index (χ0) is 35.3. The highest BCUT2D eigenvalue weighted by Crippen LogP contribution is 2.52. The second-order valence-electron chi connectivity index (χ2n) is 14.2. The maximum Gasteiger partial charge on any atom is 0.138 e. The molecule has 250 valence electrons. The summed E-state index contributed by atoms with van der Waals surface area (Å²) in [5.41, 5.74) is 8.10. The van der Waals surface area contributed by atoms with Gasteiger partial charge in [-0.3, -0.25) is 4.57 Å².